The lowest BCUT2D eigenvalue weighted by atomic mass is 9.93. The number of carboxylic acid groups (broad SMARTS) is 1. The van der Waals surface area contributed by atoms with Crippen LogP contribution in [-0.4, -0.2) is 25.7 Å². The van der Waals surface area contributed by atoms with Gasteiger partial charge in [-0.05, 0) is 25.2 Å². The van der Waals surface area contributed by atoms with E-state index in [4.69, 9.17) is 5.11 Å². The molecule has 2 aromatic rings. The molecule has 90 valence electrons. The Morgan fingerprint density at radius 2 is 2.41 bits per heavy atom. The molecule has 0 aromatic carbocycles. The zero-order valence-electron chi connectivity index (χ0n) is 9.51. The Labute approximate surface area is 102 Å². The van der Waals surface area contributed by atoms with Gasteiger partial charge in [0.1, 0.15) is 12.2 Å². The topological polar surface area (TPSA) is 67.5 Å². The van der Waals surface area contributed by atoms with Gasteiger partial charge < -0.3 is 5.11 Å². The van der Waals surface area contributed by atoms with E-state index >= 15 is 0 Å². The summed E-state index contributed by atoms with van der Waals surface area (Å²) in [6.07, 6.45) is 3.18. The molecule has 0 fully saturated rings. The number of nitrogens with zero attached hydrogens (tertiary/aromatic N) is 3. The summed E-state index contributed by atoms with van der Waals surface area (Å²) in [6, 6.07) is 0. The van der Waals surface area contributed by atoms with Crippen LogP contribution in [0.4, 0.5) is 0 Å². The summed E-state index contributed by atoms with van der Waals surface area (Å²) in [5.41, 5.74) is 1.23. The van der Waals surface area contributed by atoms with E-state index in [1.165, 1.54) is 10.6 Å². The third-order valence-electron chi connectivity index (χ3n) is 3.22. The minimum atomic E-state index is -0.858. The standard InChI is InChI=1S/C11H13N3O2S/c1-6-2-3-7-8(4-6)17-11-13-12-9(14(7)11)5-10(15)16/h6H,2-5H2,1H3,(H,15,16). The maximum Gasteiger partial charge on any atom is 0.311 e. The molecule has 6 heteroatoms. The van der Waals surface area contributed by atoms with E-state index in [0.29, 0.717) is 11.7 Å². The Morgan fingerprint density at radius 3 is 3.18 bits per heavy atom. The second-order valence-electron chi connectivity index (χ2n) is 4.62. The molecule has 1 unspecified atom stereocenters. The zero-order valence-corrected chi connectivity index (χ0v) is 10.3. The monoisotopic (exact) mass is 251 g/mol. The number of aromatic nitrogens is 3. The Bertz CT molecular complexity index is 587. The molecule has 0 saturated heterocycles. The molecule has 2 aromatic heterocycles. The van der Waals surface area contributed by atoms with E-state index in [9.17, 15) is 4.79 Å². The first-order valence-corrected chi connectivity index (χ1v) is 6.53. The van der Waals surface area contributed by atoms with Crippen molar-refractivity contribution < 1.29 is 9.90 Å². The van der Waals surface area contributed by atoms with Crippen LogP contribution in [0.25, 0.3) is 4.96 Å². The van der Waals surface area contributed by atoms with Crippen LogP contribution < -0.4 is 0 Å². The van der Waals surface area contributed by atoms with Crippen molar-refractivity contribution in [2.75, 3.05) is 0 Å². The predicted octanol–water partition coefficient (Wildman–Crippen LogP) is 1.54. The van der Waals surface area contributed by atoms with Gasteiger partial charge in [-0.3, -0.25) is 9.20 Å². The van der Waals surface area contributed by atoms with Crippen molar-refractivity contribution in [2.24, 2.45) is 5.92 Å². The van der Waals surface area contributed by atoms with Gasteiger partial charge in [-0.25, -0.2) is 0 Å². The molecule has 5 nitrogen and oxygen atoms in total. The molecule has 0 radical (unpaired) electrons. The van der Waals surface area contributed by atoms with Crippen molar-refractivity contribution in [1.29, 1.82) is 0 Å². The van der Waals surface area contributed by atoms with Crippen LogP contribution in [0.3, 0.4) is 0 Å². The highest BCUT2D eigenvalue weighted by Crippen LogP contribution is 2.32. The fourth-order valence-corrected chi connectivity index (χ4v) is 3.68. The number of aliphatic carboxylic acids is 1. The smallest absolute Gasteiger partial charge is 0.311 e. The molecule has 1 aliphatic carbocycles. The molecule has 0 saturated carbocycles. The summed E-state index contributed by atoms with van der Waals surface area (Å²) >= 11 is 1.65. The van der Waals surface area contributed by atoms with Gasteiger partial charge in [0.25, 0.3) is 0 Å². The fourth-order valence-electron chi connectivity index (χ4n) is 2.39. The number of carboxylic acids is 1. The van der Waals surface area contributed by atoms with Gasteiger partial charge in [0.2, 0.25) is 4.96 Å². The Hall–Kier alpha value is -1.43. The average Bonchev–Trinajstić information content (AvgIpc) is 2.77. The lowest BCUT2D eigenvalue weighted by Gasteiger charge is -2.17. The van der Waals surface area contributed by atoms with Gasteiger partial charge in [0.15, 0.2) is 0 Å². The first-order valence-electron chi connectivity index (χ1n) is 5.71. The predicted molar refractivity (Wildman–Crippen MR) is 63.4 cm³/mol. The van der Waals surface area contributed by atoms with Crippen LogP contribution in [0.5, 0.6) is 0 Å². The van der Waals surface area contributed by atoms with Crippen LogP contribution >= 0.6 is 11.3 Å². The van der Waals surface area contributed by atoms with Crippen molar-refractivity contribution >= 4 is 22.3 Å². The summed E-state index contributed by atoms with van der Waals surface area (Å²) in [7, 11) is 0. The molecule has 1 N–H and O–H groups in total. The molecule has 17 heavy (non-hydrogen) atoms. The maximum absolute atomic E-state index is 10.8. The number of rotatable bonds is 2. The Kier molecular flexibility index (Phi) is 2.39. The van der Waals surface area contributed by atoms with Crippen molar-refractivity contribution in [3.63, 3.8) is 0 Å². The first kappa shape index (κ1) is 10.7. The van der Waals surface area contributed by atoms with E-state index in [-0.39, 0.29) is 6.42 Å². The molecule has 3 rings (SSSR count). The normalized spacial score (nSPS) is 19.5. The third kappa shape index (κ3) is 1.72. The largest absolute Gasteiger partial charge is 0.481 e. The highest BCUT2D eigenvalue weighted by atomic mass is 32.1. The van der Waals surface area contributed by atoms with Crippen LogP contribution in [0.1, 0.15) is 29.7 Å². The molecule has 0 amide bonds. The van der Waals surface area contributed by atoms with Crippen LogP contribution in [0, 0.1) is 5.92 Å². The van der Waals surface area contributed by atoms with E-state index in [1.807, 2.05) is 4.40 Å². The summed E-state index contributed by atoms with van der Waals surface area (Å²) in [5, 5.41) is 16.9. The van der Waals surface area contributed by atoms with Crippen molar-refractivity contribution in [1.82, 2.24) is 14.6 Å². The molecular weight excluding hydrogens is 238 g/mol. The molecule has 1 aliphatic rings. The first-order chi connectivity index (χ1) is 8.15. The van der Waals surface area contributed by atoms with E-state index in [0.717, 1.165) is 24.2 Å². The number of aryl methyl sites for hydroxylation is 1. The molecular formula is C11H13N3O2S. The van der Waals surface area contributed by atoms with Gasteiger partial charge in [-0.1, -0.05) is 18.3 Å². The van der Waals surface area contributed by atoms with Crippen LogP contribution in [0.15, 0.2) is 0 Å². The van der Waals surface area contributed by atoms with Gasteiger partial charge in [0, 0.05) is 10.6 Å². The molecule has 1 atom stereocenters. The SMILES string of the molecule is CC1CCc2c(sc3nnc(CC(=O)O)n23)C1. The second-order valence-corrected chi connectivity index (χ2v) is 5.69. The number of hydrogen-bond donors (Lipinski definition) is 1. The molecule has 2 heterocycles. The quantitative estimate of drug-likeness (QED) is 0.879. The Balaban J connectivity index is 2.11. The summed E-state index contributed by atoms with van der Waals surface area (Å²) < 4.78 is 1.94. The fraction of sp³-hybridized carbons (Fsp3) is 0.545. The molecule has 0 aliphatic heterocycles. The van der Waals surface area contributed by atoms with E-state index in [2.05, 4.69) is 17.1 Å². The average molecular weight is 251 g/mol. The summed E-state index contributed by atoms with van der Waals surface area (Å²) in [6.45, 7) is 2.25. The summed E-state index contributed by atoms with van der Waals surface area (Å²) in [5.74, 6) is 0.407. The van der Waals surface area contributed by atoms with Crippen molar-refractivity contribution in [3.05, 3.63) is 16.4 Å². The Morgan fingerprint density at radius 1 is 1.59 bits per heavy atom. The van der Waals surface area contributed by atoms with Crippen molar-refractivity contribution in [3.8, 4) is 0 Å². The van der Waals surface area contributed by atoms with E-state index < -0.39 is 5.97 Å². The maximum atomic E-state index is 10.8. The van der Waals surface area contributed by atoms with Gasteiger partial charge in [-0.15, -0.1) is 10.2 Å². The summed E-state index contributed by atoms with van der Waals surface area (Å²) in [4.78, 5) is 13.0. The van der Waals surface area contributed by atoms with Crippen LogP contribution in [-0.2, 0) is 24.1 Å². The highest BCUT2D eigenvalue weighted by molar-refractivity contribution is 7.17. The number of thiazole rings is 1. The molecule has 0 bridgehead atoms. The molecule has 0 spiro atoms. The van der Waals surface area contributed by atoms with Crippen LogP contribution in [0.2, 0.25) is 0 Å². The lowest BCUT2D eigenvalue weighted by Crippen LogP contribution is -2.13. The second kappa shape index (κ2) is 3.80. The number of carbonyl (C=O) groups is 1. The lowest BCUT2D eigenvalue weighted by molar-refractivity contribution is -0.136. The minimum absolute atomic E-state index is 0.0557. The van der Waals surface area contributed by atoms with E-state index in [1.54, 1.807) is 11.3 Å². The number of fused-ring (bicyclic) bond motifs is 3. The van der Waals surface area contributed by atoms with Gasteiger partial charge in [0.05, 0.1) is 0 Å². The van der Waals surface area contributed by atoms with Crippen molar-refractivity contribution in [2.45, 2.75) is 32.6 Å². The zero-order chi connectivity index (χ0) is 12.0. The minimum Gasteiger partial charge on any atom is -0.481 e. The van der Waals surface area contributed by atoms with Gasteiger partial charge >= 0.3 is 5.97 Å². The highest BCUT2D eigenvalue weighted by Gasteiger charge is 2.23. The third-order valence-corrected chi connectivity index (χ3v) is 4.32. The number of hydrogen-bond acceptors (Lipinski definition) is 4. The van der Waals surface area contributed by atoms with Gasteiger partial charge in [-0.2, -0.15) is 0 Å².